The number of ether oxygens (including phenoxy) is 1. The lowest BCUT2D eigenvalue weighted by molar-refractivity contribution is 0.171. The van der Waals surface area contributed by atoms with Crippen LogP contribution in [0.1, 0.15) is 24.8 Å². The van der Waals surface area contributed by atoms with Crippen LogP contribution >= 0.6 is 0 Å². The fraction of sp³-hybridized carbons (Fsp3) is 0.571. The average molecular weight is 235 g/mol. The summed E-state index contributed by atoms with van der Waals surface area (Å²) in [5, 5.41) is 13.3. The minimum atomic E-state index is -0.203. The molecule has 0 unspecified atom stereocenters. The van der Waals surface area contributed by atoms with E-state index in [1.54, 1.807) is 7.11 Å². The normalized spacial score (nSPS) is 23.9. The van der Waals surface area contributed by atoms with Gasteiger partial charge in [0.05, 0.1) is 18.8 Å². The van der Waals surface area contributed by atoms with Gasteiger partial charge in [-0.3, -0.25) is 0 Å². The topological polar surface area (TPSA) is 41.5 Å². The summed E-state index contributed by atoms with van der Waals surface area (Å²) in [6, 6.07) is 8.47. The lowest BCUT2D eigenvalue weighted by Gasteiger charge is -2.20. The van der Waals surface area contributed by atoms with Crippen LogP contribution in [0.2, 0.25) is 0 Å². The molecule has 0 amide bonds. The van der Waals surface area contributed by atoms with E-state index in [9.17, 15) is 5.11 Å². The van der Waals surface area contributed by atoms with Crippen LogP contribution in [-0.2, 0) is 11.2 Å². The van der Waals surface area contributed by atoms with Crippen molar-refractivity contribution in [3.8, 4) is 0 Å². The minimum absolute atomic E-state index is 0.203. The molecule has 0 spiro atoms. The predicted molar refractivity (Wildman–Crippen MR) is 69.3 cm³/mol. The molecule has 94 valence electrons. The monoisotopic (exact) mass is 235 g/mol. The molecule has 0 heterocycles. The smallest absolute Gasteiger partial charge is 0.0741 e. The molecular weight excluding hydrogens is 214 g/mol. The number of hydrogen-bond donors (Lipinski definition) is 2. The Kier molecular flexibility index (Phi) is 4.40. The van der Waals surface area contributed by atoms with Crippen LogP contribution in [0, 0.1) is 0 Å². The van der Waals surface area contributed by atoms with E-state index in [2.05, 4.69) is 17.4 Å². The Morgan fingerprint density at radius 3 is 2.88 bits per heavy atom. The highest BCUT2D eigenvalue weighted by molar-refractivity contribution is 5.52. The maximum Gasteiger partial charge on any atom is 0.0741 e. The second-order valence-electron chi connectivity index (χ2n) is 4.65. The molecule has 0 aliphatic heterocycles. The van der Waals surface area contributed by atoms with E-state index < -0.39 is 0 Å². The highest BCUT2D eigenvalue weighted by Crippen LogP contribution is 2.25. The van der Waals surface area contributed by atoms with Gasteiger partial charge in [0.1, 0.15) is 0 Å². The molecule has 0 radical (unpaired) electrons. The van der Waals surface area contributed by atoms with Crippen molar-refractivity contribution >= 4 is 5.69 Å². The van der Waals surface area contributed by atoms with Gasteiger partial charge in [0.15, 0.2) is 0 Å². The SMILES string of the molecule is COCCc1ccccc1N[C@@H]1CCC[C@H]1O. The Bertz CT molecular complexity index is 354. The number of para-hydroxylation sites is 1. The molecule has 3 heteroatoms. The lowest BCUT2D eigenvalue weighted by Crippen LogP contribution is -2.28. The molecule has 2 atom stereocenters. The third-order valence-electron chi connectivity index (χ3n) is 3.41. The van der Waals surface area contributed by atoms with Crippen LogP contribution < -0.4 is 5.32 Å². The van der Waals surface area contributed by atoms with Gasteiger partial charge in [-0.2, -0.15) is 0 Å². The van der Waals surface area contributed by atoms with Crippen molar-refractivity contribution < 1.29 is 9.84 Å². The largest absolute Gasteiger partial charge is 0.391 e. The maximum atomic E-state index is 9.83. The van der Waals surface area contributed by atoms with E-state index in [4.69, 9.17) is 4.74 Å². The summed E-state index contributed by atoms with van der Waals surface area (Å²) in [4.78, 5) is 0. The third-order valence-corrected chi connectivity index (χ3v) is 3.41. The van der Waals surface area contributed by atoms with Crippen molar-refractivity contribution in [1.82, 2.24) is 0 Å². The molecule has 2 rings (SSSR count). The summed E-state index contributed by atoms with van der Waals surface area (Å²) in [6.45, 7) is 0.728. The second kappa shape index (κ2) is 6.03. The van der Waals surface area contributed by atoms with Gasteiger partial charge in [-0.1, -0.05) is 18.2 Å². The first-order chi connectivity index (χ1) is 8.31. The van der Waals surface area contributed by atoms with Crippen LogP contribution in [-0.4, -0.2) is 31.0 Å². The molecule has 2 N–H and O–H groups in total. The number of anilines is 1. The zero-order valence-corrected chi connectivity index (χ0v) is 10.4. The molecule has 1 aliphatic carbocycles. The molecule has 1 aromatic rings. The van der Waals surface area contributed by atoms with Gasteiger partial charge in [0, 0.05) is 12.8 Å². The molecule has 0 aromatic heterocycles. The Labute approximate surface area is 103 Å². The molecule has 3 nitrogen and oxygen atoms in total. The first-order valence-corrected chi connectivity index (χ1v) is 6.32. The average Bonchev–Trinajstić information content (AvgIpc) is 2.74. The summed E-state index contributed by atoms with van der Waals surface area (Å²) in [5.74, 6) is 0. The maximum absolute atomic E-state index is 9.83. The van der Waals surface area contributed by atoms with Crippen LogP contribution in [0.15, 0.2) is 24.3 Å². The number of methoxy groups -OCH3 is 1. The fourth-order valence-electron chi connectivity index (χ4n) is 2.40. The highest BCUT2D eigenvalue weighted by atomic mass is 16.5. The second-order valence-corrected chi connectivity index (χ2v) is 4.65. The Hall–Kier alpha value is -1.06. The number of benzene rings is 1. The molecule has 0 saturated heterocycles. The number of aliphatic hydroxyl groups excluding tert-OH is 1. The predicted octanol–water partition coefficient (Wildman–Crippen LogP) is 2.20. The van der Waals surface area contributed by atoms with E-state index in [0.717, 1.165) is 38.0 Å². The first-order valence-electron chi connectivity index (χ1n) is 6.32. The van der Waals surface area contributed by atoms with Gasteiger partial charge in [0.2, 0.25) is 0 Å². The minimum Gasteiger partial charge on any atom is -0.391 e. The van der Waals surface area contributed by atoms with E-state index in [-0.39, 0.29) is 12.1 Å². The van der Waals surface area contributed by atoms with Gasteiger partial charge < -0.3 is 15.2 Å². The quantitative estimate of drug-likeness (QED) is 0.822. The van der Waals surface area contributed by atoms with E-state index in [1.165, 1.54) is 5.56 Å². The summed E-state index contributed by atoms with van der Waals surface area (Å²) < 4.78 is 5.11. The van der Waals surface area contributed by atoms with Crippen LogP contribution in [0.25, 0.3) is 0 Å². The van der Waals surface area contributed by atoms with Crippen molar-refractivity contribution in [3.05, 3.63) is 29.8 Å². The van der Waals surface area contributed by atoms with Gasteiger partial charge in [0.25, 0.3) is 0 Å². The van der Waals surface area contributed by atoms with E-state index >= 15 is 0 Å². The van der Waals surface area contributed by atoms with Crippen molar-refractivity contribution in [2.45, 2.75) is 37.8 Å². The summed E-state index contributed by atoms with van der Waals surface area (Å²) in [7, 11) is 1.72. The molecular formula is C14H21NO2. The zero-order valence-electron chi connectivity index (χ0n) is 10.4. The fourth-order valence-corrected chi connectivity index (χ4v) is 2.40. The van der Waals surface area contributed by atoms with Crippen LogP contribution in [0.5, 0.6) is 0 Å². The zero-order chi connectivity index (χ0) is 12.1. The summed E-state index contributed by atoms with van der Waals surface area (Å²) >= 11 is 0. The standard InChI is InChI=1S/C14H21NO2/c1-17-10-9-11-5-2-3-6-12(11)15-13-7-4-8-14(13)16/h2-3,5-6,13-16H,4,7-10H2,1H3/t13-,14-/m1/s1. The highest BCUT2D eigenvalue weighted by Gasteiger charge is 2.25. The third kappa shape index (κ3) is 3.20. The van der Waals surface area contributed by atoms with Crippen LogP contribution in [0.3, 0.4) is 0 Å². The van der Waals surface area contributed by atoms with Gasteiger partial charge in [-0.15, -0.1) is 0 Å². The molecule has 1 aliphatic rings. The van der Waals surface area contributed by atoms with E-state index in [0.29, 0.717) is 0 Å². The van der Waals surface area contributed by atoms with Gasteiger partial charge >= 0.3 is 0 Å². The van der Waals surface area contributed by atoms with Crippen molar-refractivity contribution in [2.75, 3.05) is 19.0 Å². The van der Waals surface area contributed by atoms with E-state index in [1.807, 2.05) is 12.1 Å². The lowest BCUT2D eigenvalue weighted by atomic mass is 10.1. The molecule has 1 aromatic carbocycles. The molecule has 1 fully saturated rings. The van der Waals surface area contributed by atoms with Crippen molar-refractivity contribution in [1.29, 1.82) is 0 Å². The number of aliphatic hydroxyl groups is 1. The Morgan fingerprint density at radius 2 is 2.18 bits per heavy atom. The first kappa shape index (κ1) is 12.4. The molecule has 1 saturated carbocycles. The Morgan fingerprint density at radius 1 is 1.35 bits per heavy atom. The van der Waals surface area contributed by atoms with Gasteiger partial charge in [-0.05, 0) is 37.3 Å². The van der Waals surface area contributed by atoms with Gasteiger partial charge in [-0.25, -0.2) is 0 Å². The summed E-state index contributed by atoms with van der Waals surface area (Å²) in [5.41, 5.74) is 2.39. The summed E-state index contributed by atoms with van der Waals surface area (Å²) in [6.07, 6.45) is 3.78. The molecule has 17 heavy (non-hydrogen) atoms. The number of nitrogens with one attached hydrogen (secondary N) is 1. The van der Waals surface area contributed by atoms with Crippen molar-refractivity contribution in [3.63, 3.8) is 0 Å². The van der Waals surface area contributed by atoms with Crippen molar-refractivity contribution in [2.24, 2.45) is 0 Å². The number of hydrogen-bond acceptors (Lipinski definition) is 3. The number of rotatable bonds is 5. The molecule has 0 bridgehead atoms. The van der Waals surface area contributed by atoms with Crippen LogP contribution in [0.4, 0.5) is 5.69 Å². The Balaban J connectivity index is 2.03.